The van der Waals surface area contributed by atoms with Crippen LogP contribution in [0.4, 0.5) is 5.95 Å². The van der Waals surface area contributed by atoms with E-state index in [0.717, 1.165) is 5.56 Å². The van der Waals surface area contributed by atoms with Gasteiger partial charge in [-0.2, -0.15) is 0 Å². The number of aryl methyl sites for hydroxylation is 1. The number of benzene rings is 1. The molecule has 0 saturated heterocycles. The Morgan fingerprint density at radius 1 is 1.00 bits per heavy atom. The van der Waals surface area contributed by atoms with Crippen LogP contribution in [0.3, 0.4) is 0 Å². The number of H-pyrrole nitrogens is 1. The van der Waals surface area contributed by atoms with Crippen LogP contribution in [0.15, 0.2) is 42.7 Å². The maximum Gasteiger partial charge on any atom is 0.323 e. The second kappa shape index (κ2) is 24.3. The molecule has 3 rings (SSSR count). The SMILES string of the molecule is CC.CC[C@H](COC(=O)[C@H](CC)NC)Nc1ncc(C)c(-c2c[nH]c(C(=O)N[C@H](COC(=O)[C@@H](NC)C(C)C)c3cccc(Cl)c3)c2)n1.SI. The molecule has 0 aliphatic rings. The lowest BCUT2D eigenvalue weighted by Crippen LogP contribution is -2.41. The largest absolute Gasteiger partial charge is 0.462 e. The number of carbonyl (C=O) groups excluding carboxylic acids is 3. The first-order valence-corrected chi connectivity index (χ1v) is 20.3. The normalized spacial score (nSPS) is 13.0. The van der Waals surface area contributed by atoms with Gasteiger partial charge in [0.1, 0.15) is 31.0 Å². The highest BCUT2D eigenvalue weighted by molar-refractivity contribution is 14.2. The number of aromatic amines is 1. The van der Waals surface area contributed by atoms with E-state index in [1.54, 1.807) is 50.8 Å². The van der Waals surface area contributed by atoms with Crippen molar-refractivity contribution in [3.63, 3.8) is 0 Å². The lowest BCUT2D eigenvalue weighted by molar-refractivity contribution is -0.148. The molecule has 15 heteroatoms. The standard InChI is InChI=1S/C33H46ClN7O5.C2H6.HIS/c1-8-24(17-45-31(43)25(9-2)35-6)39-33-38-15-20(5)29(41-33)22-14-26(37-16-22)30(42)40-27(21-11-10-12-23(34)13-21)18-46-32(44)28(36-7)19(3)4;2*1-2/h10-16,19,24-25,27-28,35-37H,8-9,17-18H2,1-7H3,(H,40,42)(H,38,39,41);1-2H3;2H/t24-,25+,27-,28+;;/m1../s1. The molecule has 1 aromatic carbocycles. The molecule has 278 valence electrons. The van der Waals surface area contributed by atoms with Gasteiger partial charge >= 0.3 is 11.9 Å². The Hall–Kier alpha value is -2.92. The van der Waals surface area contributed by atoms with Gasteiger partial charge in [0.2, 0.25) is 5.95 Å². The molecule has 50 heavy (non-hydrogen) atoms. The molecule has 1 amide bonds. The smallest absolute Gasteiger partial charge is 0.323 e. The predicted molar refractivity (Wildman–Crippen MR) is 213 cm³/mol. The van der Waals surface area contributed by atoms with Crippen molar-refractivity contribution in [1.82, 2.24) is 30.9 Å². The number of likely N-dealkylation sites (N-methyl/N-ethyl adjacent to an activating group) is 2. The average molecular weight is 846 g/mol. The lowest BCUT2D eigenvalue weighted by Gasteiger charge is -2.23. The lowest BCUT2D eigenvalue weighted by atomic mass is 10.0. The summed E-state index contributed by atoms with van der Waals surface area (Å²) < 4.78 is 11.1. The zero-order valence-corrected chi connectivity index (χ0v) is 34.2. The van der Waals surface area contributed by atoms with E-state index >= 15 is 0 Å². The summed E-state index contributed by atoms with van der Waals surface area (Å²) in [5, 5.41) is 12.6. The van der Waals surface area contributed by atoms with E-state index in [1.165, 1.54) is 0 Å². The predicted octanol–water partition coefficient (Wildman–Crippen LogP) is 6.72. The fourth-order valence-corrected chi connectivity index (χ4v) is 5.04. The number of nitrogens with zero attached hydrogens (tertiary/aromatic N) is 2. The number of nitrogens with one attached hydrogen (secondary N) is 5. The maximum absolute atomic E-state index is 13.4. The first kappa shape index (κ1) is 45.1. The first-order chi connectivity index (χ1) is 24.0. The number of anilines is 1. The Balaban J connectivity index is 0.00000301. The Morgan fingerprint density at radius 3 is 2.26 bits per heavy atom. The number of carbonyl (C=O) groups is 3. The van der Waals surface area contributed by atoms with Gasteiger partial charge in [0.05, 0.1) is 17.8 Å². The zero-order valence-electron chi connectivity index (χ0n) is 30.4. The Morgan fingerprint density at radius 2 is 1.68 bits per heavy atom. The molecular weight excluding hydrogens is 793 g/mol. The third-order valence-corrected chi connectivity index (χ3v) is 7.88. The van der Waals surface area contributed by atoms with Gasteiger partial charge < -0.3 is 35.7 Å². The molecule has 4 atom stereocenters. The number of hydrogen-bond acceptors (Lipinski definition) is 11. The van der Waals surface area contributed by atoms with Crippen molar-refractivity contribution in [2.75, 3.05) is 32.6 Å². The van der Waals surface area contributed by atoms with Crippen LogP contribution < -0.4 is 21.3 Å². The summed E-state index contributed by atoms with van der Waals surface area (Å²) in [5.74, 6) is -0.706. The minimum absolute atomic E-state index is 0.0253. The summed E-state index contributed by atoms with van der Waals surface area (Å²) in [6.07, 6.45) is 4.71. The fraction of sp³-hybridized carbons (Fsp3) is 0.514. The van der Waals surface area contributed by atoms with Crippen LogP contribution >= 0.6 is 42.6 Å². The van der Waals surface area contributed by atoms with Gasteiger partial charge in [-0.05, 0) is 90.3 Å². The highest BCUT2D eigenvalue weighted by Gasteiger charge is 2.25. The van der Waals surface area contributed by atoms with Crippen molar-refractivity contribution in [3.05, 3.63) is 64.6 Å². The molecule has 2 heterocycles. The molecule has 2 aromatic heterocycles. The van der Waals surface area contributed by atoms with Crippen molar-refractivity contribution >= 4 is 66.4 Å². The van der Waals surface area contributed by atoms with E-state index in [-0.39, 0.29) is 37.2 Å². The maximum atomic E-state index is 13.4. The molecule has 0 radical (unpaired) electrons. The zero-order chi connectivity index (χ0) is 37.8. The van der Waals surface area contributed by atoms with Crippen LogP contribution in [-0.2, 0) is 19.1 Å². The number of esters is 2. The third kappa shape index (κ3) is 14.0. The molecule has 0 bridgehead atoms. The molecule has 0 aliphatic carbocycles. The number of thiol groups is 1. The molecule has 5 N–H and O–H groups in total. The van der Waals surface area contributed by atoms with Gasteiger partial charge in [-0.25, -0.2) is 9.97 Å². The fourth-order valence-electron chi connectivity index (χ4n) is 4.84. The summed E-state index contributed by atoms with van der Waals surface area (Å²) in [7, 11) is 6.93. The number of rotatable bonds is 17. The molecule has 12 nitrogen and oxygen atoms in total. The number of ether oxygens (including phenoxy) is 2. The minimum Gasteiger partial charge on any atom is -0.462 e. The summed E-state index contributed by atoms with van der Waals surface area (Å²) in [4.78, 5) is 50.6. The van der Waals surface area contributed by atoms with Gasteiger partial charge in [0.15, 0.2) is 0 Å². The topological polar surface area (TPSA) is 159 Å². The van der Waals surface area contributed by atoms with E-state index in [1.807, 2.05) is 75.7 Å². The number of halogens is 2. The summed E-state index contributed by atoms with van der Waals surface area (Å²) >= 11 is 8.08. The Bertz CT molecular complexity index is 1470. The monoisotopic (exact) mass is 845 g/mol. The quantitative estimate of drug-likeness (QED) is 0.0490. The van der Waals surface area contributed by atoms with Gasteiger partial charge in [0, 0.05) is 23.0 Å². The number of amides is 1. The molecule has 0 fully saturated rings. The second-order valence-corrected chi connectivity index (χ2v) is 11.8. The van der Waals surface area contributed by atoms with Gasteiger partial charge in [-0.15, -0.1) is 9.80 Å². The molecular formula is C35H53ClIN7O5S. The van der Waals surface area contributed by atoms with Crippen molar-refractivity contribution in [2.24, 2.45) is 5.92 Å². The second-order valence-electron chi connectivity index (χ2n) is 11.4. The molecule has 0 unspecified atom stereocenters. The van der Waals surface area contributed by atoms with Crippen LogP contribution in [0.2, 0.25) is 5.02 Å². The third-order valence-electron chi connectivity index (χ3n) is 7.65. The van der Waals surface area contributed by atoms with Crippen molar-refractivity contribution < 1.29 is 23.9 Å². The molecule has 3 aromatic rings. The minimum atomic E-state index is -0.649. The highest BCUT2D eigenvalue weighted by atomic mass is 127. The van der Waals surface area contributed by atoms with Crippen LogP contribution in [0.5, 0.6) is 0 Å². The highest BCUT2D eigenvalue weighted by Crippen LogP contribution is 2.24. The van der Waals surface area contributed by atoms with Crippen LogP contribution in [0, 0.1) is 12.8 Å². The number of hydrogen-bond donors (Lipinski definition) is 6. The summed E-state index contributed by atoms with van der Waals surface area (Å²) in [6.45, 7) is 13.7. The van der Waals surface area contributed by atoms with Gasteiger partial charge in [-0.3, -0.25) is 14.4 Å². The average Bonchev–Trinajstić information content (AvgIpc) is 3.62. The van der Waals surface area contributed by atoms with Crippen LogP contribution in [0.25, 0.3) is 11.3 Å². The van der Waals surface area contributed by atoms with E-state index < -0.39 is 24.0 Å². The van der Waals surface area contributed by atoms with Crippen LogP contribution in [0.1, 0.15) is 82.0 Å². The van der Waals surface area contributed by atoms with Gasteiger partial charge in [-0.1, -0.05) is 65.3 Å². The van der Waals surface area contributed by atoms with Gasteiger partial charge in [0.25, 0.3) is 5.91 Å². The Kier molecular flexibility index (Phi) is 21.9. The number of aromatic nitrogens is 3. The van der Waals surface area contributed by atoms with Crippen LogP contribution in [-0.4, -0.2) is 78.2 Å². The Labute approximate surface area is 319 Å². The van der Waals surface area contributed by atoms with Crippen molar-refractivity contribution in [2.45, 2.75) is 85.5 Å². The molecule has 0 spiro atoms. The van der Waals surface area contributed by atoms with E-state index in [2.05, 4.69) is 41.0 Å². The molecule has 0 saturated carbocycles. The van der Waals surface area contributed by atoms with E-state index in [0.29, 0.717) is 46.3 Å². The summed E-state index contributed by atoms with van der Waals surface area (Å²) in [5.41, 5.74) is 3.12. The molecule has 0 aliphatic heterocycles. The van der Waals surface area contributed by atoms with Crippen molar-refractivity contribution in [3.8, 4) is 11.3 Å². The summed E-state index contributed by atoms with van der Waals surface area (Å²) in [6, 6.07) is 7.07. The van der Waals surface area contributed by atoms with E-state index in [4.69, 9.17) is 26.1 Å². The van der Waals surface area contributed by atoms with E-state index in [9.17, 15) is 14.4 Å². The van der Waals surface area contributed by atoms with Crippen molar-refractivity contribution in [1.29, 1.82) is 0 Å². The first-order valence-electron chi connectivity index (χ1n) is 16.7.